The number of hydrogen-bond donors (Lipinski definition) is 2. The summed E-state index contributed by atoms with van der Waals surface area (Å²) < 4.78 is 44.5. The Kier molecular flexibility index (Phi) is 10.5. The molecule has 2 N–H and O–H groups in total. The Morgan fingerprint density at radius 2 is 1.86 bits per heavy atom. The summed E-state index contributed by atoms with van der Waals surface area (Å²) in [5.41, 5.74) is 3.45. The molecule has 2 bridgehead atoms. The first kappa shape index (κ1) is 35.2. The number of aromatic nitrogens is 1. The number of anilines is 1. The van der Waals surface area contributed by atoms with Crippen molar-refractivity contribution < 1.29 is 41.9 Å². The normalized spacial score (nSPS) is 20.7. The molecule has 1 amide bonds. The molecule has 49 heavy (non-hydrogen) atoms. The molecule has 1 saturated heterocycles. The number of esters is 1. The third-order valence-corrected chi connectivity index (χ3v) is 11.4. The number of ether oxygens (including phenoxy) is 2. The number of halogens is 2. The molecule has 1 unspecified atom stereocenters. The highest BCUT2D eigenvalue weighted by molar-refractivity contribution is 7.90. The van der Waals surface area contributed by atoms with Gasteiger partial charge in [0.25, 0.3) is 5.91 Å². The van der Waals surface area contributed by atoms with E-state index in [1.54, 1.807) is 18.2 Å². The van der Waals surface area contributed by atoms with Crippen molar-refractivity contribution in [3.8, 4) is 11.3 Å². The maximum Gasteiger partial charge on any atom is 0.306 e. The fraction of sp³-hybridized carbons (Fsp3) is 0.471. The van der Waals surface area contributed by atoms with Gasteiger partial charge < -0.3 is 24.0 Å². The number of carbonyl (C=O) groups is 3. The van der Waals surface area contributed by atoms with Gasteiger partial charge in [-0.1, -0.05) is 40.5 Å². The predicted molar refractivity (Wildman–Crippen MR) is 181 cm³/mol. The summed E-state index contributed by atoms with van der Waals surface area (Å²) in [6.45, 7) is 2.66. The van der Waals surface area contributed by atoms with Crippen molar-refractivity contribution in [2.24, 2.45) is 5.92 Å². The van der Waals surface area contributed by atoms with Crippen molar-refractivity contribution in [3.05, 3.63) is 69.4 Å². The molecule has 12 nitrogen and oxygen atoms in total. The highest BCUT2D eigenvalue weighted by atomic mass is 35.5. The maximum atomic E-state index is 12.7. The number of nitrogens with one attached hydrogen (secondary N) is 1. The summed E-state index contributed by atoms with van der Waals surface area (Å²) in [5.74, 6) is -1.54. The molecule has 6 rings (SSSR count). The van der Waals surface area contributed by atoms with Gasteiger partial charge in [0, 0.05) is 46.8 Å². The van der Waals surface area contributed by atoms with Gasteiger partial charge in [-0.2, -0.15) is 0 Å². The maximum absolute atomic E-state index is 12.7. The quantitative estimate of drug-likeness (QED) is 0.177. The summed E-state index contributed by atoms with van der Waals surface area (Å²) in [7, 11) is -4.00. The highest BCUT2D eigenvalue weighted by Gasteiger charge is 2.46. The Morgan fingerprint density at radius 3 is 2.53 bits per heavy atom. The highest BCUT2D eigenvalue weighted by Crippen LogP contribution is 2.47. The number of hydrogen-bond acceptors (Lipinski definition) is 10. The van der Waals surface area contributed by atoms with Crippen molar-refractivity contribution in [1.82, 2.24) is 9.88 Å². The number of rotatable bonds is 15. The molecule has 2 aromatic carbocycles. The van der Waals surface area contributed by atoms with Gasteiger partial charge in [0.05, 0.1) is 41.4 Å². The van der Waals surface area contributed by atoms with E-state index in [1.165, 1.54) is 6.92 Å². The second kappa shape index (κ2) is 14.7. The largest absolute Gasteiger partial charge is 0.481 e. The van der Waals surface area contributed by atoms with E-state index in [0.29, 0.717) is 34.2 Å². The summed E-state index contributed by atoms with van der Waals surface area (Å²) in [6, 6.07) is 12.6. The molecule has 15 heteroatoms. The van der Waals surface area contributed by atoms with Gasteiger partial charge in [-0.25, -0.2) is 13.1 Å². The molecule has 262 valence electrons. The van der Waals surface area contributed by atoms with Crippen LogP contribution in [0.3, 0.4) is 0 Å². The van der Waals surface area contributed by atoms with Crippen LogP contribution in [0.2, 0.25) is 10.0 Å². The SMILES string of the molecule is CC(CCS(=O)(=O)NC(=O)c1ccc(N2C[C@@H]3C[C@H]2C[C@H]3OCc2c(-c3cccc(Cl)c3Cl)noc2C2CC2)cc1)OC(=O)CCC(=O)O. The molecular weight excluding hydrogens is 697 g/mol. The summed E-state index contributed by atoms with van der Waals surface area (Å²) in [5, 5.41) is 13.9. The zero-order valence-electron chi connectivity index (χ0n) is 26.8. The average molecular weight is 735 g/mol. The third kappa shape index (κ3) is 8.39. The topological polar surface area (TPSA) is 165 Å². The molecule has 2 aliphatic carbocycles. The van der Waals surface area contributed by atoms with Crippen LogP contribution < -0.4 is 9.62 Å². The lowest BCUT2D eigenvalue weighted by atomic mass is 10.0. The summed E-state index contributed by atoms with van der Waals surface area (Å²) in [4.78, 5) is 37.3. The van der Waals surface area contributed by atoms with Crippen LogP contribution in [0.15, 0.2) is 47.0 Å². The van der Waals surface area contributed by atoms with Crippen molar-refractivity contribution in [2.45, 2.75) is 82.6 Å². The number of sulfonamides is 1. The molecule has 3 aliphatic rings. The molecule has 4 atom stereocenters. The fourth-order valence-corrected chi connectivity index (χ4v) is 8.11. The minimum atomic E-state index is -4.00. The molecular formula is C34H37Cl2N3O9S. The Hall–Kier alpha value is -3.65. The third-order valence-electron chi connectivity index (χ3n) is 9.27. The van der Waals surface area contributed by atoms with E-state index in [9.17, 15) is 22.8 Å². The van der Waals surface area contributed by atoms with E-state index < -0.39 is 39.7 Å². The molecule has 1 aromatic heterocycles. The Balaban J connectivity index is 1.00. The van der Waals surface area contributed by atoms with Crippen LogP contribution in [0.5, 0.6) is 0 Å². The lowest BCUT2D eigenvalue weighted by Gasteiger charge is -2.33. The summed E-state index contributed by atoms with van der Waals surface area (Å²) >= 11 is 12.8. The van der Waals surface area contributed by atoms with Gasteiger partial charge in [0.15, 0.2) is 0 Å². The van der Waals surface area contributed by atoms with Crippen molar-refractivity contribution >= 4 is 56.8 Å². The molecule has 3 fully saturated rings. The molecule has 2 heterocycles. The van der Waals surface area contributed by atoms with E-state index in [2.05, 4.69) is 14.8 Å². The van der Waals surface area contributed by atoms with Crippen LogP contribution in [0.1, 0.15) is 79.5 Å². The number of aliphatic carboxylic acids is 1. The first-order valence-electron chi connectivity index (χ1n) is 16.3. The number of carbonyl (C=O) groups excluding carboxylic acids is 2. The molecule has 3 aromatic rings. The predicted octanol–water partition coefficient (Wildman–Crippen LogP) is 5.96. The van der Waals surface area contributed by atoms with Gasteiger partial charge >= 0.3 is 11.9 Å². The van der Waals surface area contributed by atoms with Crippen LogP contribution in [0, 0.1) is 5.92 Å². The number of carboxylic acid groups (broad SMARTS) is 1. The lowest BCUT2D eigenvalue weighted by Crippen LogP contribution is -2.38. The Morgan fingerprint density at radius 1 is 1.10 bits per heavy atom. The number of carboxylic acids is 1. The van der Waals surface area contributed by atoms with Gasteiger partial charge in [0.2, 0.25) is 10.0 Å². The summed E-state index contributed by atoms with van der Waals surface area (Å²) in [6.07, 6.45) is 2.50. The Bertz CT molecular complexity index is 1830. The second-order valence-corrected chi connectivity index (χ2v) is 15.5. The standard InChI is InChI=1S/C34H37Cl2N3O9S/c1-19(47-30(42)12-11-29(40)41)13-14-49(44,45)38-34(43)21-7-9-23(10-8-21)39-17-22-15-24(39)16-28(22)46-18-26-32(37-48-33(26)20-5-6-20)25-3-2-4-27(35)31(25)36/h2-4,7-10,19-20,22,24,28H,5-6,11-18H2,1H3,(H,38,43)(H,40,41)/t19?,22-,24-,28+/m0/s1. The first-order chi connectivity index (χ1) is 23.4. The van der Waals surface area contributed by atoms with Crippen LogP contribution in [-0.2, 0) is 35.7 Å². The van der Waals surface area contributed by atoms with E-state index in [-0.39, 0.29) is 37.0 Å². The lowest BCUT2D eigenvalue weighted by molar-refractivity contribution is -0.151. The van der Waals surface area contributed by atoms with E-state index in [1.807, 2.05) is 24.3 Å². The first-order valence-corrected chi connectivity index (χ1v) is 18.7. The van der Waals surface area contributed by atoms with Gasteiger partial charge in [-0.3, -0.25) is 14.4 Å². The van der Waals surface area contributed by atoms with Crippen LogP contribution >= 0.6 is 23.2 Å². The smallest absolute Gasteiger partial charge is 0.306 e. The number of piperidine rings is 1. The van der Waals surface area contributed by atoms with Crippen LogP contribution in [-0.4, -0.2) is 67.1 Å². The van der Waals surface area contributed by atoms with Crippen molar-refractivity contribution in [3.63, 3.8) is 0 Å². The number of fused-ring (bicyclic) bond motifs is 2. The number of nitrogens with zero attached hydrogens (tertiary/aromatic N) is 2. The molecule has 2 saturated carbocycles. The van der Waals surface area contributed by atoms with E-state index in [4.69, 9.17) is 42.3 Å². The Labute approximate surface area is 294 Å². The van der Waals surface area contributed by atoms with Crippen LogP contribution in [0.4, 0.5) is 5.69 Å². The van der Waals surface area contributed by atoms with Crippen LogP contribution in [0.25, 0.3) is 11.3 Å². The average Bonchev–Trinajstić information content (AvgIpc) is 3.50. The van der Waals surface area contributed by atoms with Gasteiger partial charge in [-0.05, 0) is 69.4 Å². The molecule has 0 radical (unpaired) electrons. The molecule has 0 spiro atoms. The van der Waals surface area contributed by atoms with Gasteiger partial charge in [0.1, 0.15) is 17.6 Å². The number of amides is 1. The van der Waals surface area contributed by atoms with E-state index in [0.717, 1.165) is 54.8 Å². The van der Waals surface area contributed by atoms with Gasteiger partial charge in [-0.15, -0.1) is 0 Å². The second-order valence-electron chi connectivity index (χ2n) is 12.9. The fourth-order valence-electron chi connectivity index (χ4n) is 6.57. The monoisotopic (exact) mass is 733 g/mol. The van der Waals surface area contributed by atoms with Crippen molar-refractivity contribution in [1.29, 1.82) is 0 Å². The number of benzene rings is 2. The zero-order chi connectivity index (χ0) is 34.9. The minimum Gasteiger partial charge on any atom is -0.481 e. The zero-order valence-corrected chi connectivity index (χ0v) is 29.1. The minimum absolute atomic E-state index is 0.0549. The molecule has 1 aliphatic heterocycles. The van der Waals surface area contributed by atoms with Crippen molar-refractivity contribution in [2.75, 3.05) is 17.2 Å². The van der Waals surface area contributed by atoms with E-state index >= 15 is 0 Å².